The molecule has 0 saturated carbocycles. The maximum absolute atomic E-state index is 14.0. The number of carbonyl (C=O) groups is 3. The van der Waals surface area contributed by atoms with Crippen LogP contribution in [0.4, 0.5) is 5.69 Å². The van der Waals surface area contributed by atoms with Gasteiger partial charge in [0, 0.05) is 56.3 Å². The molecule has 7 N–H and O–H groups in total. The van der Waals surface area contributed by atoms with E-state index >= 15 is 0 Å². The SMILES string of the molecule is COc1ccc(CNCc2cc(N(C)C)c3c(c2O)C(=O)C2=C(O)[C@]4(O)C(=O)C(C(N)=O)=C(O)C[C@@H]4C[C@@H]2C3)cc1. The highest BCUT2D eigenvalue weighted by Gasteiger charge is 2.59. The van der Waals surface area contributed by atoms with E-state index in [4.69, 9.17) is 10.5 Å². The van der Waals surface area contributed by atoms with Crippen molar-refractivity contribution < 1.29 is 39.5 Å². The number of aliphatic hydroxyl groups is 3. The fourth-order valence-electron chi connectivity index (χ4n) is 6.34. The summed E-state index contributed by atoms with van der Waals surface area (Å²) < 4.78 is 5.18. The fourth-order valence-corrected chi connectivity index (χ4v) is 6.34. The minimum atomic E-state index is -2.59. The largest absolute Gasteiger partial charge is 0.511 e. The summed E-state index contributed by atoms with van der Waals surface area (Å²) in [5.41, 5.74) is 4.44. The van der Waals surface area contributed by atoms with Crippen molar-refractivity contribution in [2.24, 2.45) is 17.6 Å². The molecule has 0 unspecified atom stereocenters. The molecule has 5 rings (SSSR count). The van der Waals surface area contributed by atoms with Crippen LogP contribution in [-0.2, 0) is 29.1 Å². The molecule has 0 saturated heterocycles. The van der Waals surface area contributed by atoms with Crippen LogP contribution in [-0.4, -0.2) is 64.7 Å². The van der Waals surface area contributed by atoms with Gasteiger partial charge in [0.25, 0.3) is 5.91 Å². The third-order valence-corrected chi connectivity index (χ3v) is 8.40. The van der Waals surface area contributed by atoms with Crippen molar-refractivity contribution in [1.29, 1.82) is 0 Å². The number of phenolic OH excluding ortho intramolecular Hbond substituents is 1. The number of rotatable bonds is 7. The van der Waals surface area contributed by atoms with E-state index < -0.39 is 52.0 Å². The number of carbonyl (C=O) groups excluding carboxylic acids is 3. The van der Waals surface area contributed by atoms with Crippen molar-refractivity contribution in [2.75, 3.05) is 26.1 Å². The predicted molar refractivity (Wildman–Crippen MR) is 149 cm³/mol. The number of allylic oxidation sites excluding steroid dienone is 2. The van der Waals surface area contributed by atoms with Crippen molar-refractivity contribution in [3.63, 3.8) is 0 Å². The maximum Gasteiger partial charge on any atom is 0.255 e. The Hall–Kier alpha value is -4.35. The molecule has 0 bridgehead atoms. The Morgan fingerprint density at radius 1 is 1.12 bits per heavy atom. The third kappa shape index (κ3) is 4.41. The molecule has 3 aliphatic rings. The lowest BCUT2D eigenvalue weighted by atomic mass is 9.60. The van der Waals surface area contributed by atoms with Crippen LogP contribution in [0, 0.1) is 11.8 Å². The molecular weight excluding hydrogens is 530 g/mol. The lowest BCUT2D eigenvalue weighted by Crippen LogP contribution is -2.57. The Labute approximate surface area is 236 Å². The monoisotopic (exact) mass is 563 g/mol. The van der Waals surface area contributed by atoms with Gasteiger partial charge in [-0.25, -0.2) is 0 Å². The van der Waals surface area contributed by atoms with Crippen LogP contribution >= 0.6 is 0 Å². The second-order valence-electron chi connectivity index (χ2n) is 11.0. The van der Waals surface area contributed by atoms with E-state index in [1.165, 1.54) is 0 Å². The molecule has 2 aromatic rings. The molecule has 0 aromatic heterocycles. The molecule has 3 atom stereocenters. The summed E-state index contributed by atoms with van der Waals surface area (Å²) in [6.45, 7) is 0.711. The number of hydrogen-bond donors (Lipinski definition) is 6. The highest BCUT2D eigenvalue weighted by molar-refractivity contribution is 6.24. The van der Waals surface area contributed by atoms with Crippen LogP contribution in [0.3, 0.4) is 0 Å². The number of nitrogens with one attached hydrogen (secondary N) is 1. The molecule has 216 valence electrons. The molecule has 0 heterocycles. The van der Waals surface area contributed by atoms with Crippen molar-refractivity contribution >= 4 is 23.2 Å². The van der Waals surface area contributed by atoms with Gasteiger partial charge in [0.15, 0.2) is 11.4 Å². The van der Waals surface area contributed by atoms with E-state index in [1.807, 2.05) is 49.3 Å². The van der Waals surface area contributed by atoms with Crippen LogP contribution < -0.4 is 20.7 Å². The molecule has 1 amide bonds. The van der Waals surface area contributed by atoms with Gasteiger partial charge in [0.2, 0.25) is 5.78 Å². The number of Topliss-reactive ketones (excluding diaryl/α,β-unsaturated/α-hetero) is 2. The van der Waals surface area contributed by atoms with Gasteiger partial charge in [-0.3, -0.25) is 14.4 Å². The minimum Gasteiger partial charge on any atom is -0.511 e. The summed E-state index contributed by atoms with van der Waals surface area (Å²) in [5.74, 6) is -5.67. The molecule has 0 fully saturated rings. The normalized spacial score (nSPS) is 23.6. The second-order valence-corrected chi connectivity index (χ2v) is 11.0. The van der Waals surface area contributed by atoms with Crippen LogP contribution in [0.2, 0.25) is 0 Å². The van der Waals surface area contributed by atoms with Crippen LogP contribution in [0.25, 0.3) is 0 Å². The number of amides is 1. The van der Waals surface area contributed by atoms with Crippen LogP contribution in [0.1, 0.15) is 39.9 Å². The molecule has 2 aromatic carbocycles. The maximum atomic E-state index is 14.0. The van der Waals surface area contributed by atoms with E-state index in [2.05, 4.69) is 5.32 Å². The average Bonchev–Trinajstić information content (AvgIpc) is 2.91. The number of fused-ring (bicyclic) bond motifs is 3. The van der Waals surface area contributed by atoms with E-state index in [9.17, 15) is 34.8 Å². The first kappa shape index (κ1) is 28.2. The van der Waals surface area contributed by atoms with Crippen LogP contribution in [0.5, 0.6) is 11.5 Å². The molecule has 11 nitrogen and oxygen atoms in total. The number of ether oxygens (including phenoxy) is 1. The Morgan fingerprint density at radius 2 is 1.80 bits per heavy atom. The van der Waals surface area contributed by atoms with Crippen molar-refractivity contribution in [1.82, 2.24) is 5.32 Å². The second kappa shape index (κ2) is 10.2. The van der Waals surface area contributed by atoms with Gasteiger partial charge in [-0.05, 0) is 48.1 Å². The summed E-state index contributed by atoms with van der Waals surface area (Å²) in [5, 5.41) is 47.6. The van der Waals surface area contributed by atoms with E-state index in [0.29, 0.717) is 23.4 Å². The van der Waals surface area contributed by atoms with E-state index in [1.54, 1.807) is 7.11 Å². The van der Waals surface area contributed by atoms with Gasteiger partial charge in [-0.1, -0.05) is 12.1 Å². The Bertz CT molecular complexity index is 1530. The number of methoxy groups -OCH3 is 1. The Kier molecular flexibility index (Phi) is 7.04. The summed E-state index contributed by atoms with van der Waals surface area (Å²) in [6, 6.07) is 9.32. The molecule has 11 heteroatoms. The fraction of sp³-hybridized carbons (Fsp3) is 0.367. The standard InChI is InChI=1S/C30H33N3O8/c1-33(2)20-10-16(13-32-12-14-4-6-18(41-3)7-5-14)25(35)23-19(20)9-15-8-17-11-21(34)24(29(31)39)28(38)30(17,40)27(37)22(15)26(23)36/h4-7,10,15,17,32,34-35,37,40H,8-9,11-13H2,1-3H3,(H2,31,39)/t15-,17+,30+/m1/s1. The van der Waals surface area contributed by atoms with Gasteiger partial charge in [-0.2, -0.15) is 0 Å². The summed E-state index contributed by atoms with van der Waals surface area (Å²) >= 11 is 0. The van der Waals surface area contributed by atoms with Crippen molar-refractivity contribution in [2.45, 2.75) is 38.0 Å². The number of nitrogens with zero attached hydrogens (tertiary/aromatic N) is 1. The first-order valence-electron chi connectivity index (χ1n) is 13.3. The molecular formula is C30H33N3O8. The average molecular weight is 564 g/mol. The number of primary amides is 1. The van der Waals surface area contributed by atoms with Gasteiger partial charge in [0.1, 0.15) is 28.6 Å². The number of aromatic hydroxyl groups is 1. The predicted octanol–water partition coefficient (Wildman–Crippen LogP) is 1.94. The Balaban J connectivity index is 1.53. The molecule has 3 aliphatic carbocycles. The number of aliphatic hydroxyl groups excluding tert-OH is 2. The van der Waals surface area contributed by atoms with Gasteiger partial charge in [-0.15, -0.1) is 0 Å². The number of hydrogen-bond acceptors (Lipinski definition) is 10. The smallest absolute Gasteiger partial charge is 0.255 e. The molecule has 41 heavy (non-hydrogen) atoms. The first-order chi connectivity index (χ1) is 19.4. The van der Waals surface area contributed by atoms with E-state index in [0.717, 1.165) is 11.3 Å². The topological polar surface area (TPSA) is 183 Å². The van der Waals surface area contributed by atoms with Crippen molar-refractivity contribution in [3.05, 3.63) is 75.3 Å². The lowest BCUT2D eigenvalue weighted by molar-refractivity contribution is -0.144. The van der Waals surface area contributed by atoms with Crippen LogP contribution in [0.15, 0.2) is 53.0 Å². The van der Waals surface area contributed by atoms with E-state index in [-0.39, 0.29) is 42.7 Å². The third-order valence-electron chi connectivity index (χ3n) is 8.40. The number of anilines is 1. The number of phenols is 1. The zero-order chi connectivity index (χ0) is 29.8. The zero-order valence-electron chi connectivity index (χ0n) is 23.0. The van der Waals surface area contributed by atoms with Gasteiger partial charge in [0.05, 0.1) is 12.7 Å². The molecule has 0 spiro atoms. The van der Waals surface area contributed by atoms with Gasteiger partial charge >= 0.3 is 0 Å². The highest BCUT2D eigenvalue weighted by atomic mass is 16.5. The zero-order valence-corrected chi connectivity index (χ0v) is 23.0. The number of ketones is 2. The number of nitrogens with two attached hydrogens (primary N) is 1. The summed E-state index contributed by atoms with van der Waals surface area (Å²) in [7, 11) is 5.23. The minimum absolute atomic E-state index is 0.00549. The molecule has 0 aliphatic heterocycles. The first-order valence-corrected chi connectivity index (χ1v) is 13.3. The van der Waals surface area contributed by atoms with Gasteiger partial charge < -0.3 is 41.1 Å². The quantitative estimate of drug-likeness (QED) is 0.272. The Morgan fingerprint density at radius 3 is 2.41 bits per heavy atom. The lowest BCUT2D eigenvalue weighted by Gasteiger charge is -2.46. The highest BCUT2D eigenvalue weighted by Crippen LogP contribution is 2.52. The number of benzene rings is 2. The summed E-state index contributed by atoms with van der Waals surface area (Å²) in [6.07, 6.45) is 0.0662. The van der Waals surface area contributed by atoms with Crippen molar-refractivity contribution in [3.8, 4) is 11.5 Å². The summed E-state index contributed by atoms with van der Waals surface area (Å²) in [4.78, 5) is 40.8. The molecule has 0 radical (unpaired) electrons.